The average Bonchev–Trinajstić information content (AvgIpc) is 3.57. The summed E-state index contributed by atoms with van der Waals surface area (Å²) >= 11 is 0. The molecule has 0 radical (unpaired) electrons. The Morgan fingerprint density at radius 1 is 1.27 bits per heavy atom. The van der Waals surface area contributed by atoms with Crippen molar-refractivity contribution in [2.24, 2.45) is 0 Å². The summed E-state index contributed by atoms with van der Waals surface area (Å²) in [6, 6.07) is 7.43. The summed E-state index contributed by atoms with van der Waals surface area (Å²) in [5.41, 5.74) is 0.956. The normalized spacial score (nSPS) is 15.1. The fourth-order valence-electron chi connectivity index (χ4n) is 4.13. The first-order valence-corrected chi connectivity index (χ1v) is 11.7. The van der Waals surface area contributed by atoms with E-state index < -0.39 is 17.5 Å². The van der Waals surface area contributed by atoms with Crippen molar-refractivity contribution in [2.75, 3.05) is 30.9 Å². The third-order valence-corrected chi connectivity index (χ3v) is 5.94. The molecule has 2 aromatic carbocycles. The van der Waals surface area contributed by atoms with Gasteiger partial charge in [-0.3, -0.25) is 9.48 Å². The standard InChI is InChI=1S/C25H25F2N7O3/c1-36-17-8-20-23(21(9-17)37-13-15-4-3-7-28-15)25(30-14-29-20)32-16-10-31-34(11-16)12-22(35)33-19-6-2-5-18(26)24(19)27/h2,5-6,8-11,14-15,28H,3-4,7,12-13H2,1H3,(H,33,35)(H,29,30,32)/t15-/m1/s1. The van der Waals surface area contributed by atoms with Crippen LogP contribution in [0.2, 0.25) is 0 Å². The lowest BCUT2D eigenvalue weighted by Gasteiger charge is -2.16. The number of methoxy groups -OCH3 is 1. The van der Waals surface area contributed by atoms with Crippen LogP contribution in [0.1, 0.15) is 12.8 Å². The van der Waals surface area contributed by atoms with Crippen LogP contribution in [0.25, 0.3) is 10.9 Å². The zero-order valence-electron chi connectivity index (χ0n) is 20.0. The Morgan fingerprint density at radius 3 is 2.97 bits per heavy atom. The fourth-order valence-corrected chi connectivity index (χ4v) is 4.13. The molecule has 10 nitrogen and oxygen atoms in total. The Hall–Kier alpha value is -4.32. The predicted molar refractivity (Wildman–Crippen MR) is 133 cm³/mol. The maximum atomic E-state index is 13.8. The van der Waals surface area contributed by atoms with Crippen LogP contribution in [0.4, 0.5) is 26.0 Å². The van der Waals surface area contributed by atoms with Crippen LogP contribution in [0.15, 0.2) is 49.1 Å². The summed E-state index contributed by atoms with van der Waals surface area (Å²) in [6.07, 6.45) is 6.71. The second kappa shape index (κ2) is 10.7. The van der Waals surface area contributed by atoms with Gasteiger partial charge in [0.15, 0.2) is 11.6 Å². The molecule has 3 N–H and O–H groups in total. The Balaban J connectivity index is 1.33. The van der Waals surface area contributed by atoms with Gasteiger partial charge in [0.1, 0.15) is 36.8 Å². The molecule has 1 amide bonds. The second-order valence-electron chi connectivity index (χ2n) is 8.55. The quantitative estimate of drug-likeness (QED) is 0.313. The number of carbonyl (C=O) groups is 1. The van der Waals surface area contributed by atoms with E-state index in [1.807, 2.05) is 0 Å². The van der Waals surface area contributed by atoms with Crippen LogP contribution in [-0.2, 0) is 11.3 Å². The first-order valence-electron chi connectivity index (χ1n) is 11.7. The molecule has 0 bridgehead atoms. The predicted octanol–water partition coefficient (Wildman–Crippen LogP) is 3.63. The van der Waals surface area contributed by atoms with Gasteiger partial charge in [0, 0.05) is 24.4 Å². The molecule has 1 aliphatic heterocycles. The molecule has 37 heavy (non-hydrogen) atoms. The molecule has 0 spiro atoms. The number of ether oxygens (including phenoxy) is 2. The highest BCUT2D eigenvalue weighted by Crippen LogP contribution is 2.35. The number of anilines is 3. The fraction of sp³-hybridized carbons (Fsp3) is 0.280. The van der Waals surface area contributed by atoms with Crippen LogP contribution < -0.4 is 25.4 Å². The molecule has 0 aliphatic carbocycles. The van der Waals surface area contributed by atoms with Crippen LogP contribution in [0, 0.1) is 11.6 Å². The van der Waals surface area contributed by atoms with E-state index in [4.69, 9.17) is 9.47 Å². The molecule has 0 saturated carbocycles. The number of benzene rings is 2. The Morgan fingerprint density at radius 2 is 2.16 bits per heavy atom. The summed E-state index contributed by atoms with van der Waals surface area (Å²) in [5.74, 6) is -1.04. The van der Waals surface area contributed by atoms with Gasteiger partial charge in [-0.15, -0.1) is 0 Å². The first kappa shape index (κ1) is 24.4. The number of nitrogens with one attached hydrogen (secondary N) is 3. The van der Waals surface area contributed by atoms with Gasteiger partial charge in [-0.05, 0) is 31.5 Å². The number of fused-ring (bicyclic) bond motifs is 1. The van der Waals surface area contributed by atoms with E-state index in [1.54, 1.807) is 25.4 Å². The van der Waals surface area contributed by atoms with E-state index in [2.05, 4.69) is 31.0 Å². The number of nitrogens with zero attached hydrogens (tertiary/aromatic N) is 4. The molecule has 0 unspecified atom stereocenters. The van der Waals surface area contributed by atoms with Crippen LogP contribution in [-0.4, -0.2) is 52.0 Å². The maximum Gasteiger partial charge on any atom is 0.246 e. The number of aromatic nitrogens is 4. The molecule has 1 saturated heterocycles. The minimum atomic E-state index is -1.12. The Kier molecular flexibility index (Phi) is 7.08. The molecule has 3 heterocycles. The zero-order chi connectivity index (χ0) is 25.8. The molecule has 1 fully saturated rings. The van der Waals surface area contributed by atoms with E-state index in [0.29, 0.717) is 40.5 Å². The van der Waals surface area contributed by atoms with Crippen LogP contribution in [0.3, 0.4) is 0 Å². The summed E-state index contributed by atoms with van der Waals surface area (Å²) in [4.78, 5) is 21.1. The van der Waals surface area contributed by atoms with Gasteiger partial charge in [0.2, 0.25) is 5.91 Å². The van der Waals surface area contributed by atoms with Crippen LogP contribution >= 0.6 is 0 Å². The highest BCUT2D eigenvalue weighted by Gasteiger charge is 2.18. The number of hydrogen-bond acceptors (Lipinski definition) is 8. The summed E-state index contributed by atoms with van der Waals surface area (Å²) in [7, 11) is 1.58. The molecular formula is C25H25F2N7O3. The van der Waals surface area contributed by atoms with E-state index in [-0.39, 0.29) is 18.3 Å². The number of carbonyl (C=O) groups excluding carboxylic acids is 1. The van der Waals surface area contributed by atoms with Gasteiger partial charge in [0.25, 0.3) is 0 Å². The molecule has 12 heteroatoms. The lowest BCUT2D eigenvalue weighted by molar-refractivity contribution is -0.116. The third kappa shape index (κ3) is 5.59. The topological polar surface area (TPSA) is 115 Å². The summed E-state index contributed by atoms with van der Waals surface area (Å²) in [6.45, 7) is 1.26. The van der Waals surface area contributed by atoms with E-state index in [0.717, 1.165) is 25.5 Å². The highest BCUT2D eigenvalue weighted by atomic mass is 19.2. The number of hydrogen-bond donors (Lipinski definition) is 3. The monoisotopic (exact) mass is 509 g/mol. The van der Waals surface area contributed by atoms with Gasteiger partial charge in [-0.25, -0.2) is 18.7 Å². The molecular weight excluding hydrogens is 484 g/mol. The molecule has 2 aromatic heterocycles. The Bertz CT molecular complexity index is 1420. The van der Waals surface area contributed by atoms with Crippen molar-refractivity contribution in [3.05, 3.63) is 60.7 Å². The van der Waals surface area contributed by atoms with Crippen molar-refractivity contribution in [3.8, 4) is 11.5 Å². The average molecular weight is 510 g/mol. The van der Waals surface area contributed by atoms with Crippen molar-refractivity contribution in [1.29, 1.82) is 0 Å². The van der Waals surface area contributed by atoms with Crippen molar-refractivity contribution < 1.29 is 23.0 Å². The lowest BCUT2D eigenvalue weighted by Crippen LogP contribution is -2.28. The smallest absolute Gasteiger partial charge is 0.246 e. The van der Waals surface area contributed by atoms with Crippen molar-refractivity contribution >= 4 is 34.0 Å². The van der Waals surface area contributed by atoms with E-state index >= 15 is 0 Å². The Labute approximate surface area is 211 Å². The zero-order valence-corrected chi connectivity index (χ0v) is 20.0. The van der Waals surface area contributed by atoms with Gasteiger partial charge >= 0.3 is 0 Å². The van der Waals surface area contributed by atoms with Gasteiger partial charge in [0.05, 0.1) is 35.6 Å². The summed E-state index contributed by atoms with van der Waals surface area (Å²) in [5, 5.41) is 13.8. The third-order valence-electron chi connectivity index (χ3n) is 5.94. The summed E-state index contributed by atoms with van der Waals surface area (Å²) < 4.78 is 40.2. The van der Waals surface area contributed by atoms with Gasteiger partial charge in [-0.1, -0.05) is 6.07 Å². The molecule has 5 rings (SSSR count). The minimum Gasteiger partial charge on any atom is -0.497 e. The first-order chi connectivity index (χ1) is 18.0. The van der Waals surface area contributed by atoms with Gasteiger partial charge < -0.3 is 25.4 Å². The minimum absolute atomic E-state index is 0.206. The van der Waals surface area contributed by atoms with Crippen molar-refractivity contribution in [1.82, 2.24) is 25.1 Å². The highest BCUT2D eigenvalue weighted by molar-refractivity contribution is 5.96. The molecule has 4 aromatic rings. The van der Waals surface area contributed by atoms with E-state index in [9.17, 15) is 13.6 Å². The maximum absolute atomic E-state index is 13.8. The van der Waals surface area contributed by atoms with Gasteiger partial charge in [-0.2, -0.15) is 5.10 Å². The second-order valence-corrected chi connectivity index (χ2v) is 8.55. The molecule has 192 valence electrons. The largest absolute Gasteiger partial charge is 0.497 e. The lowest BCUT2D eigenvalue weighted by atomic mass is 10.2. The molecule has 1 aliphatic rings. The SMILES string of the molecule is COc1cc(OC[C@H]2CCCN2)c2c(Nc3cnn(CC(=O)Nc4cccc(F)c4F)c3)ncnc2c1. The van der Waals surface area contributed by atoms with Crippen molar-refractivity contribution in [3.63, 3.8) is 0 Å². The number of rotatable bonds is 9. The number of amides is 1. The van der Waals surface area contributed by atoms with E-state index in [1.165, 1.54) is 29.3 Å². The van der Waals surface area contributed by atoms with Crippen molar-refractivity contribution in [2.45, 2.75) is 25.4 Å². The molecule has 1 atom stereocenters. The number of halogens is 2. The van der Waals surface area contributed by atoms with Crippen LogP contribution in [0.5, 0.6) is 11.5 Å².